The summed E-state index contributed by atoms with van der Waals surface area (Å²) in [5.74, 6) is -4.95. The van der Waals surface area contributed by atoms with Gasteiger partial charge >= 0.3 is 17.7 Å². The van der Waals surface area contributed by atoms with Crippen LogP contribution in [0.4, 0.5) is 21.9 Å². The number of rotatable bonds is 28. The fourth-order valence-corrected chi connectivity index (χ4v) is 12.2. The smallest absolute Gasteiger partial charge is 0.416 e. The van der Waals surface area contributed by atoms with Crippen molar-refractivity contribution in [1.29, 1.82) is 0 Å². The number of carbonyl (C=O) groups is 7. The standard InChI is InChI=1S/C69H85N7O24/c1-34(2)54(72-67(89)69(6,7)33-77)61(83)70-37(5)60(82)71-40-16-13-38(14-17-40)30-95-32-44-41-24-52(50(93-8)25-42(41)62(84)73-28-35(3)21-47(73)55(44)78)96-19-11-10-12-20-97-53-27-45-43(26-51(53)94-9)63(85)74-29-36(4)22-48(74)64(86)75(45)68(90)98-31-39-15-18-49(46(23-39)76(91)92)99-66-58(81)56(79)57(80)59(100-66)65(87)88/h13-18,23-29,34,37,44,47-48,54-59,64,66,77-81,86H,10-12,19-22,30-33H2,1-9H3,(H,70,83)(H,71,82)(H,72,89)(H,87,88)/t37-,44?,47-,48-,54-,55+,56-,57-,58+,59-,64-,66+/m0/s1. The van der Waals surface area contributed by atoms with Crippen LogP contribution in [-0.2, 0) is 46.6 Å². The van der Waals surface area contributed by atoms with Gasteiger partial charge in [-0.2, -0.15) is 0 Å². The first kappa shape index (κ1) is 74.7. The Kier molecular flexibility index (Phi) is 23.8. The van der Waals surface area contributed by atoms with Gasteiger partial charge in [-0.1, -0.05) is 43.2 Å². The van der Waals surface area contributed by atoms with Gasteiger partial charge in [0.05, 0.1) is 87.0 Å². The Bertz CT molecular complexity index is 3810. The molecule has 4 aromatic carbocycles. The van der Waals surface area contributed by atoms with Crippen molar-refractivity contribution in [2.24, 2.45) is 11.3 Å². The minimum Gasteiger partial charge on any atom is -0.493 e. The molecular formula is C69H85N7O24. The quantitative estimate of drug-likeness (QED) is 0.0212. The van der Waals surface area contributed by atoms with Crippen LogP contribution < -0.4 is 44.5 Å². The number of nitro groups is 1. The van der Waals surface area contributed by atoms with Gasteiger partial charge in [-0.05, 0) is 126 Å². The minimum atomic E-state index is -2.06. The van der Waals surface area contributed by atoms with E-state index in [1.165, 1.54) is 44.2 Å². The third kappa shape index (κ3) is 16.4. The van der Waals surface area contributed by atoms with Gasteiger partial charge < -0.3 is 99.4 Å². The Morgan fingerprint density at radius 3 is 1.92 bits per heavy atom. The average Bonchev–Trinajstić information content (AvgIpc) is 1.58. The van der Waals surface area contributed by atoms with Crippen LogP contribution in [0, 0.1) is 21.4 Å². The van der Waals surface area contributed by atoms with Crippen LogP contribution in [0.1, 0.15) is 124 Å². The number of aliphatic carboxylic acids is 1. The molecule has 10 N–H and O–H groups in total. The van der Waals surface area contributed by atoms with Crippen LogP contribution in [0.3, 0.4) is 0 Å². The summed E-state index contributed by atoms with van der Waals surface area (Å²) in [7, 11) is 2.81. The van der Waals surface area contributed by atoms with Crippen LogP contribution in [0.25, 0.3) is 0 Å². The predicted octanol–water partition coefficient (Wildman–Crippen LogP) is 4.50. The number of methoxy groups -OCH3 is 2. The van der Waals surface area contributed by atoms with E-state index in [2.05, 4.69) is 16.0 Å². The number of unbranched alkanes of at least 4 members (excludes halogenated alkanes) is 2. The number of nitro benzene ring substituents is 1. The molecule has 4 aromatic rings. The van der Waals surface area contributed by atoms with Gasteiger partial charge in [0.2, 0.25) is 24.0 Å². The molecule has 0 bridgehead atoms. The van der Waals surface area contributed by atoms with Crippen molar-refractivity contribution in [1.82, 2.24) is 20.4 Å². The molecule has 9 rings (SSSR count). The summed E-state index contributed by atoms with van der Waals surface area (Å²) in [6.45, 7) is 11.0. The normalized spacial score (nSPS) is 23.1. The number of aliphatic hydroxyl groups excluding tert-OH is 6. The average molecular weight is 1400 g/mol. The lowest BCUT2D eigenvalue weighted by atomic mass is 9.87. The lowest BCUT2D eigenvalue weighted by Crippen LogP contribution is -2.61. The van der Waals surface area contributed by atoms with Crippen LogP contribution >= 0.6 is 0 Å². The number of carboxylic acids is 1. The number of benzene rings is 4. The van der Waals surface area contributed by atoms with E-state index in [1.807, 2.05) is 6.92 Å². The summed E-state index contributed by atoms with van der Waals surface area (Å²) in [6, 6.07) is 12.7. The highest BCUT2D eigenvalue weighted by molar-refractivity contribution is 6.06. The number of fused-ring (bicyclic) bond motifs is 4. The zero-order valence-electron chi connectivity index (χ0n) is 56.6. The van der Waals surface area contributed by atoms with Crippen molar-refractivity contribution in [3.8, 4) is 28.7 Å². The summed E-state index contributed by atoms with van der Waals surface area (Å²) in [4.78, 5) is 109. The molecule has 1 unspecified atom stereocenters. The molecule has 0 radical (unpaired) electrons. The minimum absolute atomic E-state index is 0.0118. The highest BCUT2D eigenvalue weighted by Gasteiger charge is 2.50. The van der Waals surface area contributed by atoms with E-state index >= 15 is 0 Å². The number of carbonyl (C=O) groups excluding carboxylic acids is 6. The number of anilines is 2. The van der Waals surface area contributed by atoms with Gasteiger partial charge in [0.15, 0.2) is 41.1 Å². The van der Waals surface area contributed by atoms with E-state index in [0.717, 1.165) is 33.7 Å². The first-order chi connectivity index (χ1) is 47.5. The van der Waals surface area contributed by atoms with Crippen molar-refractivity contribution in [3.05, 3.63) is 128 Å². The van der Waals surface area contributed by atoms with Crippen LogP contribution in [0.15, 0.2) is 90.3 Å². The number of amides is 6. The molecule has 0 saturated carbocycles. The van der Waals surface area contributed by atoms with Crippen molar-refractivity contribution < 1.29 is 112 Å². The second-order valence-electron chi connectivity index (χ2n) is 26.3. The Balaban J connectivity index is 0.825. The van der Waals surface area contributed by atoms with Crippen molar-refractivity contribution >= 4 is 58.7 Å². The molecule has 31 heteroatoms. The number of nitrogens with zero attached hydrogens (tertiary/aromatic N) is 4. The lowest BCUT2D eigenvalue weighted by Gasteiger charge is -2.38. The molecule has 0 aromatic heterocycles. The predicted molar refractivity (Wildman–Crippen MR) is 353 cm³/mol. The number of aliphatic hydroxyl groups is 6. The van der Waals surface area contributed by atoms with Gasteiger partial charge in [0.1, 0.15) is 37.0 Å². The maximum atomic E-state index is 14.3. The van der Waals surface area contributed by atoms with E-state index in [1.54, 1.807) is 88.3 Å². The molecular weight excluding hydrogens is 1310 g/mol. The Hall–Kier alpha value is -9.47. The van der Waals surface area contributed by atoms with Gasteiger partial charge in [-0.25, -0.2) is 14.5 Å². The zero-order valence-corrected chi connectivity index (χ0v) is 56.6. The fourth-order valence-electron chi connectivity index (χ4n) is 12.2. The van der Waals surface area contributed by atoms with E-state index in [0.29, 0.717) is 48.2 Å². The van der Waals surface area contributed by atoms with Crippen molar-refractivity contribution in [2.45, 2.75) is 167 Å². The number of nitrogens with one attached hydrogen (secondary N) is 3. The van der Waals surface area contributed by atoms with Crippen molar-refractivity contribution in [3.63, 3.8) is 0 Å². The van der Waals surface area contributed by atoms with E-state index in [4.69, 9.17) is 37.9 Å². The summed E-state index contributed by atoms with van der Waals surface area (Å²) in [5, 5.41) is 94.4. The largest absolute Gasteiger partial charge is 0.493 e. The van der Waals surface area contributed by atoms with E-state index < -0.39 is 144 Å². The third-order valence-corrected chi connectivity index (χ3v) is 18.0. The SMILES string of the molecule is COc1cc2c(cc1OCCCCCOc1cc3c(cc1OC)C(=O)N1C=C(C)C[C@H]1[C@H](O)N3C(=O)OCc1ccc(O[C@@H]3O[C@H](C(=O)O)[C@@H](O)[C@H](O)[C@H]3O)c([N+](=O)[O-])c1)C(COCc1ccc(NC(=O)[C@H](C)NC(=O)[C@@H](NC(=O)C(C)(C)CO)C(C)C)cc1)[C@@H](O)[C@@H]1CC(C)=CN1C2=O. The molecule has 1 saturated heterocycles. The molecule has 5 aliphatic rings. The molecule has 6 amide bonds. The number of hydrogen-bond donors (Lipinski definition) is 10. The number of hydrogen-bond acceptors (Lipinski definition) is 23. The second kappa shape index (κ2) is 31.8. The maximum Gasteiger partial charge on any atom is 0.416 e. The van der Waals surface area contributed by atoms with Crippen LogP contribution in [0.5, 0.6) is 28.7 Å². The Labute approximate surface area is 575 Å². The topological polar surface area (TPSA) is 424 Å². The van der Waals surface area contributed by atoms with Crippen LogP contribution in [-0.4, -0.2) is 200 Å². The zero-order chi connectivity index (χ0) is 72.8. The maximum absolute atomic E-state index is 14.3. The first-order valence-electron chi connectivity index (χ1n) is 32.5. The number of ether oxygens (including phenoxy) is 8. The van der Waals surface area contributed by atoms with Crippen molar-refractivity contribution in [2.75, 3.05) is 50.9 Å². The Morgan fingerprint density at radius 1 is 0.710 bits per heavy atom. The monoisotopic (exact) mass is 1400 g/mol. The fraction of sp³-hybridized carbons (Fsp3) is 0.493. The summed E-state index contributed by atoms with van der Waals surface area (Å²) < 4.78 is 46.5. The summed E-state index contributed by atoms with van der Waals surface area (Å²) in [5.41, 5.74) is 1.57. The number of carboxylic acid groups (broad SMARTS) is 1. The second-order valence-corrected chi connectivity index (χ2v) is 26.3. The molecule has 5 heterocycles. The van der Waals surface area contributed by atoms with Gasteiger partial charge in [0, 0.05) is 41.7 Å². The molecule has 31 nitrogen and oxygen atoms in total. The van der Waals surface area contributed by atoms with Crippen LogP contribution in [0.2, 0.25) is 0 Å². The van der Waals surface area contributed by atoms with Gasteiger partial charge in [-0.3, -0.25) is 34.1 Å². The molecule has 100 heavy (non-hydrogen) atoms. The summed E-state index contributed by atoms with van der Waals surface area (Å²) >= 11 is 0. The molecule has 0 aliphatic carbocycles. The van der Waals surface area contributed by atoms with Gasteiger partial charge in [-0.15, -0.1) is 0 Å². The van der Waals surface area contributed by atoms with E-state index in [-0.39, 0.29) is 78.7 Å². The molecule has 5 aliphatic heterocycles. The highest BCUT2D eigenvalue weighted by Crippen LogP contribution is 2.45. The lowest BCUT2D eigenvalue weighted by molar-refractivity contribution is -0.387. The highest BCUT2D eigenvalue weighted by atomic mass is 16.7. The van der Waals surface area contributed by atoms with E-state index in [9.17, 15) is 79.4 Å². The summed E-state index contributed by atoms with van der Waals surface area (Å²) in [6.07, 6.45) is -8.69. The Morgan fingerprint density at radius 2 is 1.31 bits per heavy atom. The molecule has 0 spiro atoms. The molecule has 540 valence electrons. The first-order valence-corrected chi connectivity index (χ1v) is 32.5. The van der Waals surface area contributed by atoms with Gasteiger partial charge in [0.25, 0.3) is 11.8 Å². The molecule has 1 fully saturated rings. The third-order valence-electron chi connectivity index (χ3n) is 18.0. The molecule has 12 atom stereocenters.